The number of benzene rings is 2. The summed E-state index contributed by atoms with van der Waals surface area (Å²) in [6.45, 7) is 0.479. The lowest BCUT2D eigenvalue weighted by Crippen LogP contribution is -2.44. The normalized spacial score (nSPS) is 19.4. The van der Waals surface area contributed by atoms with Crippen LogP contribution in [0.1, 0.15) is 18.4 Å². The van der Waals surface area contributed by atoms with Crippen LogP contribution in [0.25, 0.3) is 11.1 Å². The van der Waals surface area contributed by atoms with Crippen molar-refractivity contribution in [3.8, 4) is 11.1 Å². The predicted octanol–water partition coefficient (Wildman–Crippen LogP) is 3.42. The molecule has 1 saturated carbocycles. The molecule has 0 saturated heterocycles. The van der Waals surface area contributed by atoms with Gasteiger partial charge >= 0.3 is 5.97 Å². The Bertz CT molecular complexity index is 742. The van der Waals surface area contributed by atoms with E-state index >= 15 is 0 Å². The zero-order chi connectivity index (χ0) is 17.1. The van der Waals surface area contributed by atoms with Crippen LogP contribution >= 0.6 is 0 Å². The van der Waals surface area contributed by atoms with Crippen LogP contribution in [0.15, 0.2) is 54.6 Å². The molecule has 3 rings (SSSR count). The summed E-state index contributed by atoms with van der Waals surface area (Å²) in [5, 5.41) is 9.15. The second kappa shape index (κ2) is 6.87. The van der Waals surface area contributed by atoms with Crippen LogP contribution in [-0.2, 0) is 16.1 Å². The Labute approximate surface area is 141 Å². The first-order valence-electron chi connectivity index (χ1n) is 8.19. The largest absolute Gasteiger partial charge is 0.481 e. The molecule has 1 aliphatic carbocycles. The van der Waals surface area contributed by atoms with Gasteiger partial charge in [-0.05, 0) is 29.5 Å². The topological polar surface area (TPSA) is 57.6 Å². The van der Waals surface area contributed by atoms with Gasteiger partial charge in [0.2, 0.25) is 5.91 Å². The highest BCUT2D eigenvalue weighted by molar-refractivity contribution is 5.86. The van der Waals surface area contributed by atoms with Crippen molar-refractivity contribution in [3.63, 3.8) is 0 Å². The second-order valence-electron chi connectivity index (χ2n) is 6.35. The maximum absolute atomic E-state index is 12.6. The van der Waals surface area contributed by atoms with Gasteiger partial charge in [-0.2, -0.15) is 0 Å². The van der Waals surface area contributed by atoms with Crippen molar-refractivity contribution in [2.45, 2.75) is 19.4 Å². The van der Waals surface area contributed by atoms with Gasteiger partial charge in [0.05, 0.1) is 11.8 Å². The number of nitrogens with zero attached hydrogens (tertiary/aromatic N) is 1. The van der Waals surface area contributed by atoms with E-state index in [0.717, 1.165) is 16.7 Å². The number of carboxylic acids is 1. The molecular weight excluding hydrogens is 302 g/mol. The molecule has 4 nitrogen and oxygen atoms in total. The summed E-state index contributed by atoms with van der Waals surface area (Å²) in [4.78, 5) is 25.4. The van der Waals surface area contributed by atoms with Gasteiger partial charge in [0.15, 0.2) is 0 Å². The summed E-state index contributed by atoms with van der Waals surface area (Å²) in [7, 11) is 1.75. The first kappa shape index (κ1) is 16.2. The van der Waals surface area contributed by atoms with Gasteiger partial charge in [-0.3, -0.25) is 9.59 Å². The van der Waals surface area contributed by atoms with Crippen molar-refractivity contribution in [3.05, 3.63) is 60.2 Å². The second-order valence-corrected chi connectivity index (χ2v) is 6.35. The zero-order valence-electron chi connectivity index (χ0n) is 13.7. The van der Waals surface area contributed by atoms with Gasteiger partial charge in [0.1, 0.15) is 0 Å². The molecule has 24 heavy (non-hydrogen) atoms. The maximum atomic E-state index is 12.6. The van der Waals surface area contributed by atoms with Gasteiger partial charge in [0.25, 0.3) is 0 Å². The number of hydrogen-bond acceptors (Lipinski definition) is 2. The van der Waals surface area contributed by atoms with E-state index in [1.54, 1.807) is 11.9 Å². The number of carbonyl (C=O) groups excluding carboxylic acids is 1. The highest BCUT2D eigenvalue weighted by Crippen LogP contribution is 2.36. The van der Waals surface area contributed by atoms with E-state index in [0.29, 0.717) is 19.4 Å². The van der Waals surface area contributed by atoms with Gasteiger partial charge in [-0.25, -0.2) is 0 Å². The number of aliphatic carboxylic acids is 1. The summed E-state index contributed by atoms with van der Waals surface area (Å²) in [5.74, 6) is -1.84. The van der Waals surface area contributed by atoms with E-state index in [9.17, 15) is 9.59 Å². The third-order valence-corrected chi connectivity index (χ3v) is 4.79. The van der Waals surface area contributed by atoms with Gasteiger partial charge in [0, 0.05) is 13.6 Å². The number of hydrogen-bond donors (Lipinski definition) is 1. The highest BCUT2D eigenvalue weighted by Gasteiger charge is 2.42. The van der Waals surface area contributed by atoms with Crippen molar-refractivity contribution < 1.29 is 14.7 Å². The molecule has 0 bridgehead atoms. The molecule has 1 aliphatic rings. The van der Waals surface area contributed by atoms with Crippen molar-refractivity contribution >= 4 is 11.9 Å². The third-order valence-electron chi connectivity index (χ3n) is 4.79. The van der Waals surface area contributed by atoms with Crippen LogP contribution in [0, 0.1) is 11.8 Å². The summed E-state index contributed by atoms with van der Waals surface area (Å²) in [6, 6.07) is 18.1. The molecule has 0 aromatic heterocycles. The fourth-order valence-electron chi connectivity index (χ4n) is 3.27. The molecule has 0 radical (unpaired) electrons. The summed E-state index contributed by atoms with van der Waals surface area (Å²) in [6.07, 6.45) is 1.26. The number of amides is 1. The minimum absolute atomic E-state index is 0.0727. The first-order valence-corrected chi connectivity index (χ1v) is 8.19. The molecule has 2 aromatic carbocycles. The Morgan fingerprint density at radius 3 is 2.25 bits per heavy atom. The van der Waals surface area contributed by atoms with Crippen molar-refractivity contribution in [1.29, 1.82) is 0 Å². The molecule has 1 amide bonds. The summed E-state index contributed by atoms with van der Waals surface area (Å²) in [5.41, 5.74) is 3.27. The van der Waals surface area contributed by atoms with Gasteiger partial charge in [-0.1, -0.05) is 54.6 Å². The van der Waals surface area contributed by atoms with E-state index < -0.39 is 11.9 Å². The molecule has 0 aliphatic heterocycles. The molecule has 0 heterocycles. The van der Waals surface area contributed by atoms with Crippen LogP contribution in [0.5, 0.6) is 0 Å². The van der Waals surface area contributed by atoms with Crippen LogP contribution in [0.3, 0.4) is 0 Å². The Morgan fingerprint density at radius 2 is 1.62 bits per heavy atom. The lowest BCUT2D eigenvalue weighted by molar-refractivity contribution is -0.156. The molecule has 1 N–H and O–H groups in total. The van der Waals surface area contributed by atoms with Gasteiger partial charge in [-0.15, -0.1) is 0 Å². The Balaban J connectivity index is 1.77. The highest BCUT2D eigenvalue weighted by atomic mass is 16.4. The van der Waals surface area contributed by atoms with E-state index in [-0.39, 0.29) is 11.8 Å². The average molecular weight is 323 g/mol. The first-order chi connectivity index (χ1) is 11.6. The van der Waals surface area contributed by atoms with E-state index in [1.165, 1.54) is 0 Å². The predicted molar refractivity (Wildman–Crippen MR) is 92.2 cm³/mol. The quantitative estimate of drug-likeness (QED) is 0.917. The fourth-order valence-corrected chi connectivity index (χ4v) is 3.27. The molecular formula is C20H21NO3. The summed E-state index contributed by atoms with van der Waals surface area (Å²) < 4.78 is 0. The standard InChI is InChI=1S/C20H21NO3/c1-21(19(22)17-11-12-18(17)20(23)24)13-15-9-5-6-10-16(15)14-7-3-2-4-8-14/h2-10,17-18H,11-13H2,1H3,(H,23,24). The smallest absolute Gasteiger partial charge is 0.307 e. The number of rotatable bonds is 5. The SMILES string of the molecule is CN(Cc1ccccc1-c1ccccc1)C(=O)C1CCC1C(=O)O. The molecule has 2 aromatic rings. The minimum atomic E-state index is -0.863. The molecule has 4 heteroatoms. The monoisotopic (exact) mass is 323 g/mol. The van der Waals surface area contributed by atoms with Crippen molar-refractivity contribution in [2.24, 2.45) is 11.8 Å². The van der Waals surface area contributed by atoms with Gasteiger partial charge < -0.3 is 10.0 Å². The molecule has 2 unspecified atom stereocenters. The lowest BCUT2D eigenvalue weighted by atomic mass is 9.73. The lowest BCUT2D eigenvalue weighted by Gasteiger charge is -2.35. The molecule has 0 spiro atoms. The van der Waals surface area contributed by atoms with Crippen molar-refractivity contribution in [1.82, 2.24) is 4.90 Å². The Kier molecular flexibility index (Phi) is 4.65. The number of carbonyl (C=O) groups is 2. The maximum Gasteiger partial charge on any atom is 0.307 e. The van der Waals surface area contributed by atoms with E-state index in [1.807, 2.05) is 54.6 Å². The van der Waals surface area contributed by atoms with Crippen LogP contribution in [0.2, 0.25) is 0 Å². The zero-order valence-corrected chi connectivity index (χ0v) is 13.7. The third kappa shape index (κ3) is 3.18. The van der Waals surface area contributed by atoms with Crippen LogP contribution in [-0.4, -0.2) is 28.9 Å². The Hall–Kier alpha value is -2.62. The Morgan fingerprint density at radius 1 is 1.00 bits per heavy atom. The fraction of sp³-hybridized carbons (Fsp3) is 0.300. The van der Waals surface area contributed by atoms with E-state index in [2.05, 4.69) is 0 Å². The molecule has 1 fully saturated rings. The average Bonchev–Trinajstić information content (AvgIpc) is 2.54. The van der Waals surface area contributed by atoms with Crippen LogP contribution < -0.4 is 0 Å². The van der Waals surface area contributed by atoms with Crippen LogP contribution in [0.4, 0.5) is 0 Å². The minimum Gasteiger partial charge on any atom is -0.481 e. The van der Waals surface area contributed by atoms with Crippen molar-refractivity contribution in [2.75, 3.05) is 7.05 Å². The number of carboxylic acid groups (broad SMARTS) is 1. The van der Waals surface area contributed by atoms with E-state index in [4.69, 9.17) is 5.11 Å². The molecule has 124 valence electrons. The molecule has 2 atom stereocenters. The summed E-state index contributed by atoms with van der Waals surface area (Å²) >= 11 is 0.